The number of fused-ring (bicyclic) bond motifs is 3. The van der Waals surface area contributed by atoms with Crippen LogP contribution < -0.4 is 5.32 Å². The highest BCUT2D eigenvalue weighted by atomic mass is 19.4. The lowest BCUT2D eigenvalue weighted by Gasteiger charge is -2.36. The van der Waals surface area contributed by atoms with Crippen molar-refractivity contribution in [2.24, 2.45) is 5.41 Å². The molecule has 2 aromatic rings. The zero-order valence-electron chi connectivity index (χ0n) is 14.7. The molecule has 5 nitrogen and oxygen atoms in total. The molecule has 146 valence electrons. The number of carbonyl (C=O) groups is 2. The molecule has 2 atom stereocenters. The zero-order chi connectivity index (χ0) is 20.1. The first kappa shape index (κ1) is 18.5. The standard InChI is InChI=1S/C20H17F3N2O3/c21-20(22,23)14-8-4-7-13-15-10-25(9-12-5-2-1-3-6-12)11-19(15,18(27)28)17(26)24-16(13)14/h1-8,15H,9-11H2,(H,24,26)(H,27,28). The number of aliphatic carboxylic acids is 1. The van der Waals surface area contributed by atoms with Crippen LogP contribution in [-0.2, 0) is 22.3 Å². The summed E-state index contributed by atoms with van der Waals surface area (Å²) in [5, 5.41) is 12.1. The smallest absolute Gasteiger partial charge is 0.418 e. The second-order valence-electron chi connectivity index (χ2n) is 7.21. The summed E-state index contributed by atoms with van der Waals surface area (Å²) in [5.41, 5.74) is -1.95. The average molecular weight is 390 g/mol. The number of halogens is 3. The van der Waals surface area contributed by atoms with Crippen LogP contribution in [0.3, 0.4) is 0 Å². The molecule has 1 fully saturated rings. The van der Waals surface area contributed by atoms with E-state index in [4.69, 9.17) is 0 Å². The summed E-state index contributed by atoms with van der Waals surface area (Å²) in [6.45, 7) is 0.528. The Morgan fingerprint density at radius 1 is 1.18 bits per heavy atom. The van der Waals surface area contributed by atoms with Gasteiger partial charge in [-0.1, -0.05) is 42.5 Å². The quantitative estimate of drug-likeness (QED) is 0.789. The van der Waals surface area contributed by atoms with E-state index in [2.05, 4.69) is 5.32 Å². The number of hydrogen-bond acceptors (Lipinski definition) is 3. The molecule has 2 heterocycles. The third-order valence-electron chi connectivity index (χ3n) is 5.56. The number of rotatable bonds is 3. The highest BCUT2D eigenvalue weighted by molar-refractivity contribution is 6.12. The van der Waals surface area contributed by atoms with E-state index in [0.29, 0.717) is 6.54 Å². The number of likely N-dealkylation sites (tertiary alicyclic amines) is 1. The maximum atomic E-state index is 13.4. The van der Waals surface area contributed by atoms with Gasteiger partial charge in [0.05, 0.1) is 11.3 Å². The minimum absolute atomic E-state index is 0.0661. The molecule has 8 heteroatoms. The van der Waals surface area contributed by atoms with Crippen molar-refractivity contribution < 1.29 is 27.9 Å². The monoisotopic (exact) mass is 390 g/mol. The Kier molecular flexibility index (Phi) is 4.19. The Morgan fingerprint density at radius 3 is 2.54 bits per heavy atom. The van der Waals surface area contributed by atoms with Crippen LogP contribution in [0.25, 0.3) is 0 Å². The summed E-state index contributed by atoms with van der Waals surface area (Å²) in [4.78, 5) is 26.7. The Hall–Kier alpha value is -2.87. The van der Waals surface area contributed by atoms with Crippen molar-refractivity contribution in [1.82, 2.24) is 4.90 Å². The first-order chi connectivity index (χ1) is 13.2. The van der Waals surface area contributed by atoms with Gasteiger partial charge >= 0.3 is 12.1 Å². The Bertz CT molecular complexity index is 945. The maximum Gasteiger partial charge on any atom is 0.418 e. The molecule has 0 saturated carbocycles. The number of nitrogens with one attached hydrogen (secondary N) is 1. The molecule has 0 spiro atoms. The lowest BCUT2D eigenvalue weighted by molar-refractivity contribution is -0.154. The zero-order valence-corrected chi connectivity index (χ0v) is 14.7. The summed E-state index contributed by atoms with van der Waals surface area (Å²) >= 11 is 0. The van der Waals surface area contributed by atoms with Gasteiger partial charge in [0.15, 0.2) is 5.41 Å². The predicted molar refractivity (Wildman–Crippen MR) is 94.6 cm³/mol. The number of benzene rings is 2. The second kappa shape index (κ2) is 6.34. The first-order valence-corrected chi connectivity index (χ1v) is 8.74. The van der Waals surface area contributed by atoms with Crippen LogP contribution in [0.5, 0.6) is 0 Å². The molecule has 2 aliphatic rings. The molecule has 2 aliphatic heterocycles. The van der Waals surface area contributed by atoms with Crippen molar-refractivity contribution in [2.45, 2.75) is 18.6 Å². The van der Waals surface area contributed by atoms with Gasteiger partial charge in [0, 0.05) is 25.6 Å². The van der Waals surface area contributed by atoms with Gasteiger partial charge in [0.2, 0.25) is 5.91 Å². The average Bonchev–Trinajstić information content (AvgIpc) is 3.03. The van der Waals surface area contributed by atoms with Crippen LogP contribution in [0.1, 0.15) is 22.6 Å². The first-order valence-electron chi connectivity index (χ1n) is 8.74. The van der Waals surface area contributed by atoms with Gasteiger partial charge in [-0.2, -0.15) is 13.2 Å². The van der Waals surface area contributed by atoms with Gasteiger partial charge in [0.1, 0.15) is 0 Å². The molecule has 1 saturated heterocycles. The fourth-order valence-electron chi connectivity index (χ4n) is 4.27. The van der Waals surface area contributed by atoms with Gasteiger partial charge in [0.25, 0.3) is 0 Å². The highest BCUT2D eigenvalue weighted by Crippen LogP contribution is 2.52. The van der Waals surface area contributed by atoms with Crippen molar-refractivity contribution >= 4 is 17.6 Å². The molecular formula is C20H17F3N2O3. The summed E-state index contributed by atoms with van der Waals surface area (Å²) in [5.74, 6) is -3.09. The van der Waals surface area contributed by atoms with Gasteiger partial charge < -0.3 is 10.4 Å². The van der Waals surface area contributed by atoms with E-state index in [9.17, 15) is 27.9 Å². The van der Waals surface area contributed by atoms with E-state index in [-0.39, 0.29) is 24.3 Å². The van der Waals surface area contributed by atoms with Crippen LogP contribution in [0.4, 0.5) is 18.9 Å². The fourth-order valence-corrected chi connectivity index (χ4v) is 4.27. The van der Waals surface area contributed by atoms with Gasteiger partial charge in [-0.25, -0.2) is 0 Å². The molecule has 2 aromatic carbocycles. The molecule has 2 unspecified atom stereocenters. The molecule has 0 radical (unpaired) electrons. The number of anilines is 1. The second-order valence-corrected chi connectivity index (χ2v) is 7.21. The van der Waals surface area contributed by atoms with E-state index in [0.717, 1.165) is 11.6 Å². The molecule has 28 heavy (non-hydrogen) atoms. The van der Waals surface area contributed by atoms with Crippen LogP contribution >= 0.6 is 0 Å². The lowest BCUT2D eigenvalue weighted by atomic mass is 9.70. The molecule has 1 amide bonds. The van der Waals surface area contributed by atoms with Crippen molar-refractivity contribution in [3.05, 3.63) is 65.2 Å². The molecule has 2 N–H and O–H groups in total. The predicted octanol–water partition coefficient (Wildman–Crippen LogP) is 3.33. The molecule has 0 aliphatic carbocycles. The van der Waals surface area contributed by atoms with Crippen molar-refractivity contribution in [2.75, 3.05) is 18.4 Å². The van der Waals surface area contributed by atoms with Crippen LogP contribution in [0.2, 0.25) is 0 Å². The van der Waals surface area contributed by atoms with Crippen molar-refractivity contribution in [1.29, 1.82) is 0 Å². The SMILES string of the molecule is O=C(O)C12CN(Cc3ccccc3)CC1c1cccc(C(F)(F)F)c1NC2=O. The molecular weight excluding hydrogens is 373 g/mol. The number of amides is 1. The van der Waals surface area contributed by atoms with Gasteiger partial charge in [-0.05, 0) is 17.2 Å². The van der Waals surface area contributed by atoms with E-state index in [1.165, 1.54) is 12.1 Å². The minimum Gasteiger partial charge on any atom is -0.480 e. The van der Waals surface area contributed by atoms with Crippen LogP contribution in [-0.4, -0.2) is 35.0 Å². The Labute approximate surface area is 158 Å². The van der Waals surface area contributed by atoms with Gasteiger partial charge in [-0.15, -0.1) is 0 Å². The van der Waals surface area contributed by atoms with Crippen molar-refractivity contribution in [3.8, 4) is 0 Å². The van der Waals surface area contributed by atoms with E-state index < -0.39 is 34.9 Å². The molecule has 0 bridgehead atoms. The van der Waals surface area contributed by atoms with Crippen molar-refractivity contribution in [3.63, 3.8) is 0 Å². The normalized spacial score (nSPS) is 24.4. The van der Waals surface area contributed by atoms with Gasteiger partial charge in [-0.3, -0.25) is 14.5 Å². The number of hydrogen-bond donors (Lipinski definition) is 2. The van der Waals surface area contributed by atoms with Crippen LogP contribution in [0.15, 0.2) is 48.5 Å². The number of para-hydroxylation sites is 1. The number of carboxylic acid groups (broad SMARTS) is 1. The molecule has 0 aromatic heterocycles. The largest absolute Gasteiger partial charge is 0.480 e. The van der Waals surface area contributed by atoms with E-state index in [1.807, 2.05) is 35.2 Å². The fraction of sp³-hybridized carbons (Fsp3) is 0.300. The topological polar surface area (TPSA) is 69.6 Å². The molecule has 4 rings (SSSR count). The third-order valence-corrected chi connectivity index (χ3v) is 5.56. The number of nitrogens with zero attached hydrogens (tertiary/aromatic N) is 1. The summed E-state index contributed by atoms with van der Waals surface area (Å²) < 4.78 is 40.2. The maximum absolute atomic E-state index is 13.4. The highest BCUT2D eigenvalue weighted by Gasteiger charge is 2.61. The van der Waals surface area contributed by atoms with Crippen LogP contribution in [0, 0.1) is 5.41 Å². The number of carboxylic acids is 1. The van der Waals surface area contributed by atoms with E-state index >= 15 is 0 Å². The number of carbonyl (C=O) groups excluding carboxylic acids is 1. The Balaban J connectivity index is 1.78. The lowest BCUT2D eigenvalue weighted by Crippen LogP contribution is -2.51. The number of alkyl halides is 3. The summed E-state index contributed by atoms with van der Waals surface area (Å²) in [6.07, 6.45) is -4.65. The summed E-state index contributed by atoms with van der Waals surface area (Å²) in [6, 6.07) is 12.9. The minimum atomic E-state index is -4.65. The van der Waals surface area contributed by atoms with E-state index in [1.54, 1.807) is 0 Å². The third kappa shape index (κ3) is 2.75. The Morgan fingerprint density at radius 2 is 1.89 bits per heavy atom. The summed E-state index contributed by atoms with van der Waals surface area (Å²) in [7, 11) is 0.